The van der Waals surface area contributed by atoms with E-state index in [0.717, 1.165) is 93.2 Å². The molecule has 0 amide bonds. The summed E-state index contributed by atoms with van der Waals surface area (Å²) in [6.45, 7) is 0. The Kier molecular flexibility index (Phi) is 6.18. The number of rotatable bonds is 4. The van der Waals surface area contributed by atoms with Crippen molar-refractivity contribution in [3.63, 3.8) is 0 Å². The minimum absolute atomic E-state index is 0.572. The summed E-state index contributed by atoms with van der Waals surface area (Å²) in [6.07, 6.45) is 0. The van der Waals surface area contributed by atoms with E-state index in [4.69, 9.17) is 23.8 Å². The second kappa shape index (κ2) is 11.2. The summed E-state index contributed by atoms with van der Waals surface area (Å²) in [5.41, 5.74) is 8.16. The maximum Gasteiger partial charge on any atom is 0.164 e. The molecule has 11 rings (SSSR count). The largest absolute Gasteiger partial charge is 0.456 e. The van der Waals surface area contributed by atoms with Crippen LogP contribution in [0.25, 0.3) is 111 Å². The molecule has 5 nitrogen and oxygen atoms in total. The highest BCUT2D eigenvalue weighted by molar-refractivity contribution is 6.25. The van der Waals surface area contributed by atoms with E-state index in [1.165, 1.54) is 0 Å². The molecule has 0 saturated carbocycles. The number of benzene rings is 8. The predicted octanol–water partition coefficient (Wildman–Crippen LogP) is 12.6. The van der Waals surface area contributed by atoms with Crippen molar-refractivity contribution >= 4 is 65.4 Å². The van der Waals surface area contributed by atoms with E-state index in [1.54, 1.807) is 0 Å². The summed E-state index contributed by atoms with van der Waals surface area (Å²) in [5.74, 6) is 1.74. The first kappa shape index (κ1) is 28.7. The lowest BCUT2D eigenvalue weighted by Gasteiger charge is -2.11. The van der Waals surface area contributed by atoms with Crippen molar-refractivity contribution in [2.24, 2.45) is 0 Å². The molecule has 0 bridgehead atoms. The highest BCUT2D eigenvalue weighted by Crippen LogP contribution is 2.44. The van der Waals surface area contributed by atoms with Gasteiger partial charge in [0.05, 0.1) is 0 Å². The maximum absolute atomic E-state index is 6.67. The topological polar surface area (TPSA) is 65.0 Å². The van der Waals surface area contributed by atoms with E-state index < -0.39 is 0 Å². The Labute approximate surface area is 297 Å². The predicted molar refractivity (Wildman–Crippen MR) is 211 cm³/mol. The second-order valence-corrected chi connectivity index (χ2v) is 13.1. The SMILES string of the molecule is c1ccc(-c2cc3oc4cccc(-c5nc(-c6ccc7ccccc7c6)nc(-c6cccc7oc8ccccc8c67)n5)c4c3c3ccccc23)cc1. The van der Waals surface area contributed by atoms with Crippen LogP contribution in [0.1, 0.15) is 0 Å². The van der Waals surface area contributed by atoms with Gasteiger partial charge in [-0.05, 0) is 63.0 Å². The highest BCUT2D eigenvalue weighted by atomic mass is 16.3. The fourth-order valence-corrected chi connectivity index (χ4v) is 7.76. The van der Waals surface area contributed by atoms with Crippen LogP contribution in [-0.2, 0) is 0 Å². The van der Waals surface area contributed by atoms with Crippen molar-refractivity contribution in [2.45, 2.75) is 0 Å². The Morgan fingerprint density at radius 1 is 0.308 bits per heavy atom. The van der Waals surface area contributed by atoms with Crippen LogP contribution in [0.15, 0.2) is 173 Å². The van der Waals surface area contributed by atoms with Crippen molar-refractivity contribution in [1.82, 2.24) is 15.0 Å². The lowest BCUT2D eigenvalue weighted by atomic mass is 9.94. The van der Waals surface area contributed by atoms with Gasteiger partial charge in [-0.1, -0.05) is 133 Å². The Bertz CT molecular complexity index is 3190. The Morgan fingerprint density at radius 3 is 1.71 bits per heavy atom. The summed E-state index contributed by atoms with van der Waals surface area (Å²) < 4.78 is 13.0. The van der Waals surface area contributed by atoms with Gasteiger partial charge in [-0.2, -0.15) is 0 Å². The van der Waals surface area contributed by atoms with Crippen molar-refractivity contribution < 1.29 is 8.83 Å². The molecule has 0 radical (unpaired) electrons. The molecule has 52 heavy (non-hydrogen) atoms. The maximum atomic E-state index is 6.67. The molecule has 0 atom stereocenters. The average molecular weight is 666 g/mol. The van der Waals surface area contributed by atoms with Gasteiger partial charge in [-0.15, -0.1) is 0 Å². The zero-order chi connectivity index (χ0) is 34.2. The van der Waals surface area contributed by atoms with Crippen molar-refractivity contribution in [3.8, 4) is 45.3 Å². The molecule has 0 saturated heterocycles. The summed E-state index contributed by atoms with van der Waals surface area (Å²) in [4.78, 5) is 15.7. The Morgan fingerprint density at radius 2 is 0.904 bits per heavy atom. The number of furan rings is 2. The van der Waals surface area contributed by atoms with Crippen LogP contribution in [0.5, 0.6) is 0 Å². The summed E-state index contributed by atoms with van der Waals surface area (Å²) in [6, 6.07) is 56.2. The van der Waals surface area contributed by atoms with E-state index in [0.29, 0.717) is 17.5 Å². The fourth-order valence-electron chi connectivity index (χ4n) is 7.76. The van der Waals surface area contributed by atoms with E-state index in [2.05, 4.69) is 115 Å². The summed E-state index contributed by atoms with van der Waals surface area (Å²) >= 11 is 0. The van der Waals surface area contributed by atoms with E-state index in [-0.39, 0.29) is 0 Å². The molecule has 11 aromatic rings. The van der Waals surface area contributed by atoms with Crippen LogP contribution in [-0.4, -0.2) is 15.0 Å². The third-order valence-electron chi connectivity index (χ3n) is 10.1. The molecular formula is C47H27N3O2. The highest BCUT2D eigenvalue weighted by Gasteiger charge is 2.22. The molecule has 3 heterocycles. The van der Waals surface area contributed by atoms with Crippen LogP contribution in [0.3, 0.4) is 0 Å². The smallest absolute Gasteiger partial charge is 0.164 e. The number of fused-ring (bicyclic) bond motifs is 9. The molecule has 5 heteroatoms. The van der Waals surface area contributed by atoms with Crippen molar-refractivity contribution in [3.05, 3.63) is 164 Å². The quantitative estimate of drug-likeness (QED) is 0.187. The first-order valence-electron chi connectivity index (χ1n) is 17.4. The lowest BCUT2D eigenvalue weighted by Crippen LogP contribution is -2.00. The number of aromatic nitrogens is 3. The van der Waals surface area contributed by atoms with Gasteiger partial charge >= 0.3 is 0 Å². The van der Waals surface area contributed by atoms with Gasteiger partial charge in [0.1, 0.15) is 22.3 Å². The first-order valence-corrected chi connectivity index (χ1v) is 17.4. The average Bonchev–Trinajstić information content (AvgIpc) is 3.79. The molecule has 0 aliphatic rings. The van der Waals surface area contributed by atoms with Crippen molar-refractivity contribution in [2.75, 3.05) is 0 Å². The van der Waals surface area contributed by atoms with Crippen LogP contribution in [0.4, 0.5) is 0 Å². The van der Waals surface area contributed by atoms with E-state index >= 15 is 0 Å². The van der Waals surface area contributed by atoms with Crippen LogP contribution >= 0.6 is 0 Å². The number of nitrogens with zero attached hydrogens (tertiary/aromatic N) is 3. The van der Waals surface area contributed by atoms with Gasteiger partial charge in [-0.25, -0.2) is 15.0 Å². The number of para-hydroxylation sites is 1. The van der Waals surface area contributed by atoms with E-state index in [9.17, 15) is 0 Å². The third kappa shape index (κ3) is 4.39. The minimum Gasteiger partial charge on any atom is -0.456 e. The Hall–Kier alpha value is -7.11. The molecule has 8 aromatic carbocycles. The second-order valence-electron chi connectivity index (χ2n) is 13.1. The molecular weight excluding hydrogens is 639 g/mol. The first-order chi connectivity index (χ1) is 25.8. The molecule has 0 unspecified atom stereocenters. The molecule has 3 aromatic heterocycles. The minimum atomic E-state index is 0.572. The van der Waals surface area contributed by atoms with Gasteiger partial charge in [-0.3, -0.25) is 0 Å². The molecule has 0 aliphatic heterocycles. The standard InChI is InChI=1S/C47H27N3O2/c1-2-13-29(14-3-1)37-27-41-43(33-17-7-6-16-32(33)37)44-36(20-11-23-40(44)52-41)47-49-45(31-25-24-28-12-4-5-15-30(28)26-31)48-46(50-47)35-19-10-22-39-42(35)34-18-8-9-21-38(34)51-39/h1-27H. The Balaban J connectivity index is 1.22. The fraction of sp³-hybridized carbons (Fsp3) is 0. The molecule has 0 aliphatic carbocycles. The normalized spacial score (nSPS) is 11.8. The molecule has 0 fully saturated rings. The summed E-state index contributed by atoms with van der Waals surface area (Å²) in [5, 5.41) is 8.56. The number of hydrogen-bond acceptors (Lipinski definition) is 5. The van der Waals surface area contributed by atoms with Gasteiger partial charge in [0.25, 0.3) is 0 Å². The molecule has 242 valence electrons. The monoisotopic (exact) mass is 665 g/mol. The summed E-state index contributed by atoms with van der Waals surface area (Å²) in [7, 11) is 0. The van der Waals surface area contributed by atoms with Gasteiger partial charge in [0.2, 0.25) is 0 Å². The zero-order valence-electron chi connectivity index (χ0n) is 27.7. The van der Waals surface area contributed by atoms with Crippen LogP contribution < -0.4 is 0 Å². The van der Waals surface area contributed by atoms with Crippen LogP contribution in [0.2, 0.25) is 0 Å². The van der Waals surface area contributed by atoms with E-state index in [1.807, 2.05) is 48.5 Å². The zero-order valence-corrected chi connectivity index (χ0v) is 27.7. The van der Waals surface area contributed by atoms with Crippen molar-refractivity contribution in [1.29, 1.82) is 0 Å². The number of hydrogen-bond donors (Lipinski definition) is 0. The molecule has 0 spiro atoms. The molecule has 0 N–H and O–H groups in total. The van der Waals surface area contributed by atoms with Gasteiger partial charge in [0, 0.05) is 38.2 Å². The lowest BCUT2D eigenvalue weighted by molar-refractivity contribution is 0.669. The van der Waals surface area contributed by atoms with Gasteiger partial charge < -0.3 is 8.83 Å². The van der Waals surface area contributed by atoms with Gasteiger partial charge in [0.15, 0.2) is 17.5 Å². The van der Waals surface area contributed by atoms with Crippen LogP contribution in [0, 0.1) is 0 Å². The third-order valence-corrected chi connectivity index (χ3v) is 10.1.